The van der Waals surface area contributed by atoms with Gasteiger partial charge in [-0.3, -0.25) is 0 Å². The molecule has 1 rings (SSSR count). The van der Waals surface area contributed by atoms with Gasteiger partial charge in [0.1, 0.15) is 5.75 Å². The first-order valence-corrected chi connectivity index (χ1v) is 4.33. The van der Waals surface area contributed by atoms with Gasteiger partial charge in [0.25, 0.3) is 0 Å². The molecule has 0 atom stereocenters. The lowest BCUT2D eigenvalue weighted by Gasteiger charge is -2.12. The summed E-state index contributed by atoms with van der Waals surface area (Å²) in [7, 11) is 1.62. The van der Waals surface area contributed by atoms with Crippen LogP contribution >= 0.6 is 0 Å². The summed E-state index contributed by atoms with van der Waals surface area (Å²) < 4.78 is 5.10. The maximum Gasteiger partial charge on any atom is 0.143 e. The molecule has 0 aromatic heterocycles. The molecule has 0 unspecified atom stereocenters. The Morgan fingerprint density at radius 3 is 2.62 bits per heavy atom. The monoisotopic (exact) mass is 180 g/mol. The zero-order chi connectivity index (χ0) is 9.84. The second-order valence-corrected chi connectivity index (χ2v) is 3.26. The molecule has 3 heteroatoms. The van der Waals surface area contributed by atoms with Crippen molar-refractivity contribution < 1.29 is 4.74 Å². The molecule has 3 N–H and O–H groups in total. The third-order valence-corrected chi connectivity index (χ3v) is 1.69. The van der Waals surface area contributed by atoms with Crippen LogP contribution in [0.5, 0.6) is 5.75 Å². The zero-order valence-corrected chi connectivity index (χ0v) is 8.29. The van der Waals surface area contributed by atoms with Crippen LogP contribution in [0.15, 0.2) is 18.2 Å². The Morgan fingerprint density at radius 2 is 2.08 bits per heavy atom. The van der Waals surface area contributed by atoms with Crippen molar-refractivity contribution in [3.63, 3.8) is 0 Å². The van der Waals surface area contributed by atoms with Crippen LogP contribution in [0.4, 0.5) is 11.4 Å². The number of nitrogens with two attached hydrogens (primary N) is 1. The van der Waals surface area contributed by atoms with Crippen LogP contribution in [0.25, 0.3) is 0 Å². The second kappa shape index (κ2) is 4.03. The van der Waals surface area contributed by atoms with Crippen molar-refractivity contribution in [2.24, 2.45) is 0 Å². The lowest BCUT2D eigenvalue weighted by atomic mass is 10.2. The molecule has 1 aromatic carbocycles. The third kappa shape index (κ3) is 2.54. The summed E-state index contributed by atoms with van der Waals surface area (Å²) in [5.41, 5.74) is 7.37. The number of nitrogens with one attached hydrogen (secondary N) is 1. The van der Waals surface area contributed by atoms with Crippen LogP contribution in [0, 0.1) is 0 Å². The Hall–Kier alpha value is -1.38. The van der Waals surface area contributed by atoms with E-state index in [1.165, 1.54) is 0 Å². The van der Waals surface area contributed by atoms with Gasteiger partial charge in [0.05, 0.1) is 12.8 Å². The molecule has 0 amide bonds. The number of hydrogen-bond donors (Lipinski definition) is 2. The number of benzene rings is 1. The van der Waals surface area contributed by atoms with Gasteiger partial charge in [-0.25, -0.2) is 0 Å². The van der Waals surface area contributed by atoms with Crippen molar-refractivity contribution in [2.75, 3.05) is 18.2 Å². The molecule has 0 aliphatic rings. The number of methoxy groups -OCH3 is 1. The molecule has 0 heterocycles. The molecule has 72 valence electrons. The van der Waals surface area contributed by atoms with E-state index in [1.807, 2.05) is 18.2 Å². The van der Waals surface area contributed by atoms with Gasteiger partial charge in [-0.15, -0.1) is 0 Å². The molecule has 0 spiro atoms. The largest absolute Gasteiger partial charge is 0.495 e. The molecule has 0 aliphatic heterocycles. The number of hydrogen-bond acceptors (Lipinski definition) is 3. The SMILES string of the molecule is COc1cc(NC(C)C)ccc1N. The average molecular weight is 180 g/mol. The van der Waals surface area contributed by atoms with Gasteiger partial charge in [0.15, 0.2) is 0 Å². The van der Waals surface area contributed by atoms with E-state index in [2.05, 4.69) is 19.2 Å². The first-order chi connectivity index (χ1) is 6.13. The van der Waals surface area contributed by atoms with E-state index in [0.717, 1.165) is 5.69 Å². The van der Waals surface area contributed by atoms with Gasteiger partial charge in [0.2, 0.25) is 0 Å². The summed E-state index contributed by atoms with van der Waals surface area (Å²) in [6.45, 7) is 4.17. The van der Waals surface area contributed by atoms with Gasteiger partial charge >= 0.3 is 0 Å². The van der Waals surface area contributed by atoms with E-state index in [0.29, 0.717) is 17.5 Å². The highest BCUT2D eigenvalue weighted by molar-refractivity contribution is 5.61. The number of ether oxygens (including phenoxy) is 1. The van der Waals surface area contributed by atoms with Crippen molar-refractivity contribution in [3.8, 4) is 5.75 Å². The lowest BCUT2D eigenvalue weighted by Crippen LogP contribution is -2.09. The molecule has 0 saturated carbocycles. The maximum absolute atomic E-state index is 5.68. The molecule has 0 radical (unpaired) electrons. The molecule has 0 aliphatic carbocycles. The van der Waals surface area contributed by atoms with E-state index in [1.54, 1.807) is 7.11 Å². The summed E-state index contributed by atoms with van der Waals surface area (Å²) in [5.74, 6) is 0.714. The van der Waals surface area contributed by atoms with Crippen LogP contribution < -0.4 is 15.8 Å². The van der Waals surface area contributed by atoms with Gasteiger partial charge < -0.3 is 15.8 Å². The summed E-state index contributed by atoms with van der Waals surface area (Å²) in [6, 6.07) is 6.09. The molecule has 13 heavy (non-hydrogen) atoms. The Morgan fingerprint density at radius 1 is 1.38 bits per heavy atom. The molecular weight excluding hydrogens is 164 g/mol. The molecule has 1 aromatic rings. The van der Waals surface area contributed by atoms with E-state index >= 15 is 0 Å². The van der Waals surface area contributed by atoms with E-state index in [9.17, 15) is 0 Å². The highest BCUT2D eigenvalue weighted by Gasteiger charge is 2.01. The maximum atomic E-state index is 5.68. The Bertz CT molecular complexity index is 284. The Balaban J connectivity index is 2.86. The molecule has 0 bridgehead atoms. The van der Waals surface area contributed by atoms with Crippen molar-refractivity contribution in [3.05, 3.63) is 18.2 Å². The average Bonchev–Trinajstić information content (AvgIpc) is 2.07. The zero-order valence-electron chi connectivity index (χ0n) is 8.29. The van der Waals surface area contributed by atoms with Crippen LogP contribution in [0.3, 0.4) is 0 Å². The van der Waals surface area contributed by atoms with Crippen LogP contribution in [-0.2, 0) is 0 Å². The first kappa shape index (κ1) is 9.71. The minimum absolute atomic E-state index is 0.410. The van der Waals surface area contributed by atoms with Crippen molar-refractivity contribution in [1.29, 1.82) is 0 Å². The number of nitrogen functional groups attached to an aromatic ring is 1. The third-order valence-electron chi connectivity index (χ3n) is 1.69. The van der Waals surface area contributed by atoms with Crippen LogP contribution in [0.2, 0.25) is 0 Å². The molecule has 3 nitrogen and oxygen atoms in total. The van der Waals surface area contributed by atoms with E-state index < -0.39 is 0 Å². The summed E-state index contributed by atoms with van der Waals surface area (Å²) in [6.07, 6.45) is 0. The summed E-state index contributed by atoms with van der Waals surface area (Å²) in [5, 5.41) is 3.27. The van der Waals surface area contributed by atoms with Gasteiger partial charge in [0, 0.05) is 17.8 Å². The van der Waals surface area contributed by atoms with Crippen molar-refractivity contribution in [2.45, 2.75) is 19.9 Å². The highest BCUT2D eigenvalue weighted by Crippen LogP contribution is 2.25. The molecular formula is C10H16N2O. The number of anilines is 2. The smallest absolute Gasteiger partial charge is 0.143 e. The summed E-state index contributed by atoms with van der Waals surface area (Å²) >= 11 is 0. The molecule has 0 saturated heterocycles. The fourth-order valence-electron chi connectivity index (χ4n) is 1.13. The fraction of sp³-hybridized carbons (Fsp3) is 0.400. The quantitative estimate of drug-likeness (QED) is 0.700. The van der Waals surface area contributed by atoms with E-state index in [-0.39, 0.29) is 0 Å². The van der Waals surface area contributed by atoms with Crippen molar-refractivity contribution >= 4 is 11.4 Å². The van der Waals surface area contributed by atoms with Gasteiger partial charge in [-0.2, -0.15) is 0 Å². The minimum Gasteiger partial charge on any atom is -0.495 e. The fourth-order valence-corrected chi connectivity index (χ4v) is 1.13. The Kier molecular flexibility index (Phi) is 3.01. The van der Waals surface area contributed by atoms with Crippen LogP contribution in [-0.4, -0.2) is 13.2 Å². The predicted octanol–water partition coefficient (Wildman–Crippen LogP) is 2.10. The minimum atomic E-state index is 0.410. The van der Waals surface area contributed by atoms with Gasteiger partial charge in [-0.1, -0.05) is 0 Å². The Labute approximate surface area is 78.9 Å². The van der Waals surface area contributed by atoms with Crippen LogP contribution in [0.1, 0.15) is 13.8 Å². The van der Waals surface area contributed by atoms with Gasteiger partial charge in [-0.05, 0) is 26.0 Å². The second-order valence-electron chi connectivity index (χ2n) is 3.26. The molecule has 0 fully saturated rings. The predicted molar refractivity (Wildman–Crippen MR) is 56.2 cm³/mol. The standard InChI is InChI=1S/C10H16N2O/c1-7(2)12-8-4-5-9(11)10(6-8)13-3/h4-7,12H,11H2,1-3H3. The lowest BCUT2D eigenvalue weighted by molar-refractivity contribution is 0.417. The highest BCUT2D eigenvalue weighted by atomic mass is 16.5. The summed E-state index contributed by atoms with van der Waals surface area (Å²) in [4.78, 5) is 0. The number of rotatable bonds is 3. The first-order valence-electron chi connectivity index (χ1n) is 4.33. The van der Waals surface area contributed by atoms with Crippen molar-refractivity contribution in [1.82, 2.24) is 0 Å². The normalized spacial score (nSPS) is 10.2. The topological polar surface area (TPSA) is 47.3 Å². The van der Waals surface area contributed by atoms with E-state index in [4.69, 9.17) is 10.5 Å².